The van der Waals surface area contributed by atoms with Gasteiger partial charge in [0.15, 0.2) is 0 Å². The van der Waals surface area contributed by atoms with Crippen LogP contribution in [0.3, 0.4) is 0 Å². The quantitative estimate of drug-likeness (QED) is 0.776. The van der Waals surface area contributed by atoms with E-state index in [1.54, 1.807) is 0 Å². The van der Waals surface area contributed by atoms with E-state index in [9.17, 15) is 0 Å². The average Bonchev–Trinajstić information content (AvgIpc) is 2.41. The van der Waals surface area contributed by atoms with Crippen molar-refractivity contribution in [3.63, 3.8) is 0 Å². The predicted molar refractivity (Wildman–Crippen MR) is 76.2 cm³/mol. The Labute approximate surface area is 113 Å². The fourth-order valence-corrected chi connectivity index (χ4v) is 1.85. The van der Waals surface area contributed by atoms with Crippen molar-refractivity contribution in [2.75, 3.05) is 6.61 Å². The van der Waals surface area contributed by atoms with Crippen molar-refractivity contribution in [1.29, 1.82) is 0 Å². The average molecular weight is 260 g/mol. The van der Waals surface area contributed by atoms with Crippen LogP contribution in [-0.2, 0) is 12.8 Å². The standard InChI is InChI=1S/C16H16ClO/c1-2-13-4-3-5-16(12-13)18-11-10-14-6-8-15(17)9-7-14/h3-9,12H,1-2,10-11H2. The fourth-order valence-electron chi connectivity index (χ4n) is 1.73. The molecule has 18 heavy (non-hydrogen) atoms. The smallest absolute Gasteiger partial charge is 0.119 e. The molecule has 2 heteroatoms. The Morgan fingerprint density at radius 2 is 1.78 bits per heavy atom. The topological polar surface area (TPSA) is 9.23 Å². The van der Waals surface area contributed by atoms with E-state index < -0.39 is 0 Å². The van der Waals surface area contributed by atoms with Gasteiger partial charge >= 0.3 is 0 Å². The number of ether oxygens (including phenoxy) is 1. The minimum absolute atomic E-state index is 0.669. The molecule has 0 spiro atoms. The Kier molecular flexibility index (Phi) is 4.66. The van der Waals surface area contributed by atoms with Crippen LogP contribution in [0.4, 0.5) is 0 Å². The van der Waals surface area contributed by atoms with Crippen LogP contribution in [0.25, 0.3) is 0 Å². The highest BCUT2D eigenvalue weighted by Crippen LogP contribution is 2.15. The van der Waals surface area contributed by atoms with Gasteiger partial charge in [-0.15, -0.1) is 0 Å². The van der Waals surface area contributed by atoms with Crippen LogP contribution in [0.5, 0.6) is 5.75 Å². The van der Waals surface area contributed by atoms with Gasteiger partial charge in [0.25, 0.3) is 0 Å². The first-order valence-electron chi connectivity index (χ1n) is 6.03. The van der Waals surface area contributed by atoms with E-state index in [0.29, 0.717) is 6.61 Å². The minimum Gasteiger partial charge on any atom is -0.493 e. The highest BCUT2D eigenvalue weighted by molar-refractivity contribution is 6.30. The number of hydrogen-bond acceptors (Lipinski definition) is 1. The van der Waals surface area contributed by atoms with Gasteiger partial charge in [-0.2, -0.15) is 0 Å². The zero-order chi connectivity index (χ0) is 12.8. The summed E-state index contributed by atoms with van der Waals surface area (Å²) in [6.07, 6.45) is 1.67. The predicted octanol–water partition coefficient (Wildman–Crippen LogP) is 4.34. The molecule has 0 saturated heterocycles. The summed E-state index contributed by atoms with van der Waals surface area (Å²) in [5.41, 5.74) is 2.42. The van der Waals surface area contributed by atoms with E-state index in [-0.39, 0.29) is 0 Å². The number of benzene rings is 2. The Morgan fingerprint density at radius 1 is 1.00 bits per heavy atom. The highest BCUT2D eigenvalue weighted by atomic mass is 35.5. The van der Waals surface area contributed by atoms with Crippen LogP contribution in [0.1, 0.15) is 11.1 Å². The first-order chi connectivity index (χ1) is 8.78. The zero-order valence-corrected chi connectivity index (χ0v) is 11.0. The Balaban J connectivity index is 1.86. The van der Waals surface area contributed by atoms with E-state index in [1.165, 1.54) is 11.1 Å². The molecule has 93 valence electrons. The molecule has 0 atom stereocenters. The largest absolute Gasteiger partial charge is 0.493 e. The van der Waals surface area contributed by atoms with Crippen molar-refractivity contribution in [2.24, 2.45) is 0 Å². The molecule has 2 aromatic carbocycles. The highest BCUT2D eigenvalue weighted by Gasteiger charge is 1.97. The molecule has 0 unspecified atom stereocenters. The van der Waals surface area contributed by atoms with Crippen molar-refractivity contribution in [2.45, 2.75) is 12.8 Å². The molecule has 0 aliphatic rings. The third kappa shape index (κ3) is 3.78. The summed E-state index contributed by atoms with van der Waals surface area (Å²) in [6, 6.07) is 15.9. The van der Waals surface area contributed by atoms with Gasteiger partial charge in [0, 0.05) is 11.4 Å². The minimum atomic E-state index is 0.669. The van der Waals surface area contributed by atoms with E-state index in [4.69, 9.17) is 16.3 Å². The molecule has 0 amide bonds. The van der Waals surface area contributed by atoms with Gasteiger partial charge in [0.1, 0.15) is 5.75 Å². The molecular weight excluding hydrogens is 244 g/mol. The van der Waals surface area contributed by atoms with Crippen LogP contribution < -0.4 is 4.74 Å². The van der Waals surface area contributed by atoms with Crippen molar-refractivity contribution in [1.82, 2.24) is 0 Å². The molecule has 0 aromatic heterocycles. The van der Waals surface area contributed by atoms with Gasteiger partial charge in [-0.05, 0) is 48.7 Å². The summed E-state index contributed by atoms with van der Waals surface area (Å²) in [4.78, 5) is 0. The Hall–Kier alpha value is -1.47. The third-order valence-corrected chi connectivity index (χ3v) is 3.01. The SMILES string of the molecule is [CH2]Cc1cccc(OCCc2ccc(Cl)cc2)c1. The monoisotopic (exact) mass is 259 g/mol. The molecule has 2 aromatic rings. The van der Waals surface area contributed by atoms with Crippen LogP contribution in [0, 0.1) is 6.92 Å². The van der Waals surface area contributed by atoms with Crippen molar-refractivity contribution in [3.8, 4) is 5.75 Å². The zero-order valence-electron chi connectivity index (χ0n) is 10.2. The molecule has 0 aliphatic carbocycles. The lowest BCUT2D eigenvalue weighted by molar-refractivity contribution is 0.321. The van der Waals surface area contributed by atoms with E-state index in [0.717, 1.165) is 23.6 Å². The summed E-state index contributed by atoms with van der Waals surface area (Å²) in [6.45, 7) is 4.53. The second-order valence-corrected chi connectivity index (χ2v) is 4.56. The van der Waals surface area contributed by atoms with Crippen LogP contribution in [-0.4, -0.2) is 6.61 Å². The molecular formula is C16H16ClO. The normalized spacial score (nSPS) is 10.3. The Bertz CT molecular complexity index is 491. The molecule has 0 aliphatic heterocycles. The summed E-state index contributed by atoms with van der Waals surface area (Å²) in [5, 5.41) is 0.766. The molecule has 2 rings (SSSR count). The van der Waals surface area contributed by atoms with Crippen molar-refractivity contribution >= 4 is 11.6 Å². The van der Waals surface area contributed by atoms with E-state index in [2.05, 4.69) is 13.0 Å². The molecule has 0 bridgehead atoms. The first-order valence-corrected chi connectivity index (χ1v) is 6.41. The number of halogens is 1. The molecule has 0 N–H and O–H groups in total. The maximum absolute atomic E-state index is 5.84. The van der Waals surface area contributed by atoms with Gasteiger partial charge in [-0.3, -0.25) is 0 Å². The number of hydrogen-bond donors (Lipinski definition) is 0. The molecule has 0 fully saturated rings. The third-order valence-electron chi connectivity index (χ3n) is 2.76. The summed E-state index contributed by atoms with van der Waals surface area (Å²) < 4.78 is 5.72. The lowest BCUT2D eigenvalue weighted by Crippen LogP contribution is -2.01. The molecule has 1 radical (unpaired) electrons. The van der Waals surface area contributed by atoms with Gasteiger partial charge in [-0.25, -0.2) is 0 Å². The van der Waals surface area contributed by atoms with Gasteiger partial charge in [0.2, 0.25) is 0 Å². The number of rotatable bonds is 5. The fraction of sp³-hybridized carbons (Fsp3) is 0.188. The lowest BCUT2D eigenvalue weighted by Gasteiger charge is -2.07. The molecule has 0 heterocycles. The van der Waals surface area contributed by atoms with E-state index in [1.807, 2.05) is 42.5 Å². The molecule has 1 nitrogen and oxygen atoms in total. The lowest BCUT2D eigenvalue weighted by atomic mass is 10.1. The summed E-state index contributed by atoms with van der Waals surface area (Å²) >= 11 is 5.84. The maximum Gasteiger partial charge on any atom is 0.119 e. The van der Waals surface area contributed by atoms with Crippen molar-refractivity contribution < 1.29 is 4.74 Å². The first kappa shape index (κ1) is 13.0. The van der Waals surface area contributed by atoms with Crippen LogP contribution >= 0.6 is 11.6 Å². The maximum atomic E-state index is 5.84. The van der Waals surface area contributed by atoms with Crippen LogP contribution in [0.2, 0.25) is 5.02 Å². The van der Waals surface area contributed by atoms with Gasteiger partial charge in [0.05, 0.1) is 6.61 Å². The summed E-state index contributed by atoms with van der Waals surface area (Å²) in [5.74, 6) is 0.908. The van der Waals surface area contributed by atoms with Gasteiger partial charge < -0.3 is 4.74 Å². The van der Waals surface area contributed by atoms with Crippen LogP contribution in [0.15, 0.2) is 48.5 Å². The Morgan fingerprint density at radius 3 is 2.50 bits per heavy atom. The van der Waals surface area contributed by atoms with Crippen molar-refractivity contribution in [3.05, 3.63) is 71.6 Å². The summed E-state index contributed by atoms with van der Waals surface area (Å²) in [7, 11) is 0. The second-order valence-electron chi connectivity index (χ2n) is 4.12. The second kappa shape index (κ2) is 6.46. The molecule has 0 saturated carbocycles. The van der Waals surface area contributed by atoms with E-state index >= 15 is 0 Å². The van der Waals surface area contributed by atoms with Gasteiger partial charge in [-0.1, -0.05) is 35.9 Å².